The van der Waals surface area contributed by atoms with Crippen molar-refractivity contribution < 1.29 is 5.11 Å². The molecule has 2 rings (SSSR count). The minimum atomic E-state index is -0.299. The molecule has 0 spiro atoms. The summed E-state index contributed by atoms with van der Waals surface area (Å²) in [6.07, 6.45) is 1.83. The van der Waals surface area contributed by atoms with Gasteiger partial charge in [0.25, 0.3) is 5.56 Å². The van der Waals surface area contributed by atoms with Gasteiger partial charge in [0.1, 0.15) is 9.39 Å². The fraction of sp³-hybridized carbons (Fsp3) is 0.500. The van der Waals surface area contributed by atoms with E-state index in [0.29, 0.717) is 15.9 Å². The van der Waals surface area contributed by atoms with Crippen LogP contribution >= 0.6 is 22.6 Å². The second-order valence-corrected chi connectivity index (χ2v) is 4.34. The predicted octanol–water partition coefficient (Wildman–Crippen LogP) is -0.0545. The molecule has 76 valence electrons. The summed E-state index contributed by atoms with van der Waals surface area (Å²) in [6, 6.07) is 0. The lowest BCUT2D eigenvalue weighted by atomic mass is 10.3. The number of aromatic amines is 1. The van der Waals surface area contributed by atoms with Gasteiger partial charge in [-0.15, -0.1) is 0 Å². The highest BCUT2D eigenvalue weighted by Gasteiger charge is 2.23. The van der Waals surface area contributed by atoms with Crippen LogP contribution in [0, 0.1) is 3.57 Å². The van der Waals surface area contributed by atoms with E-state index >= 15 is 0 Å². The van der Waals surface area contributed by atoms with Crippen LogP contribution in [0.3, 0.4) is 0 Å². The third kappa shape index (κ3) is 1.76. The number of aliphatic hydroxyl groups is 1. The molecule has 0 bridgehead atoms. The summed E-state index contributed by atoms with van der Waals surface area (Å²) >= 11 is 1.97. The van der Waals surface area contributed by atoms with Crippen LogP contribution < -0.4 is 10.5 Å². The summed E-state index contributed by atoms with van der Waals surface area (Å²) in [5, 5.41) is 9.36. The Kier molecular flexibility index (Phi) is 2.73. The minimum absolute atomic E-state index is 0.128. The molecule has 1 atom stereocenters. The van der Waals surface area contributed by atoms with E-state index in [1.165, 1.54) is 6.33 Å². The molecule has 2 heterocycles. The van der Waals surface area contributed by atoms with E-state index in [2.05, 4.69) is 9.97 Å². The Morgan fingerprint density at radius 1 is 1.71 bits per heavy atom. The van der Waals surface area contributed by atoms with Gasteiger partial charge < -0.3 is 15.0 Å². The van der Waals surface area contributed by atoms with E-state index in [9.17, 15) is 9.90 Å². The Balaban J connectivity index is 2.33. The highest BCUT2D eigenvalue weighted by Crippen LogP contribution is 2.20. The number of anilines is 1. The number of nitrogens with one attached hydrogen (secondary N) is 1. The zero-order valence-electron chi connectivity index (χ0n) is 7.40. The van der Waals surface area contributed by atoms with Gasteiger partial charge in [0.2, 0.25) is 0 Å². The number of halogens is 1. The minimum Gasteiger partial charge on any atom is -0.391 e. The van der Waals surface area contributed by atoms with E-state index in [1.54, 1.807) is 0 Å². The Bertz CT molecular complexity index is 392. The van der Waals surface area contributed by atoms with Crippen LogP contribution in [0.15, 0.2) is 11.1 Å². The molecule has 0 aliphatic carbocycles. The number of hydrogen-bond acceptors (Lipinski definition) is 4. The highest BCUT2D eigenvalue weighted by atomic mass is 127. The van der Waals surface area contributed by atoms with Crippen molar-refractivity contribution in [3.8, 4) is 0 Å². The number of nitrogens with zero attached hydrogens (tertiary/aromatic N) is 2. The fourth-order valence-corrected chi connectivity index (χ4v) is 2.16. The Morgan fingerprint density at radius 3 is 3.14 bits per heavy atom. The summed E-state index contributed by atoms with van der Waals surface area (Å²) in [5.41, 5.74) is -0.128. The van der Waals surface area contributed by atoms with Crippen LogP contribution in [0.4, 0.5) is 5.82 Å². The average molecular weight is 307 g/mol. The van der Waals surface area contributed by atoms with Gasteiger partial charge in [0.05, 0.1) is 12.4 Å². The molecule has 0 saturated carbocycles. The van der Waals surface area contributed by atoms with Crippen LogP contribution in [0.1, 0.15) is 6.42 Å². The molecular formula is C8H10IN3O2. The molecule has 1 aromatic heterocycles. The summed E-state index contributed by atoms with van der Waals surface area (Å²) in [6.45, 7) is 1.32. The first-order valence-corrected chi connectivity index (χ1v) is 5.42. The van der Waals surface area contributed by atoms with E-state index in [1.807, 2.05) is 27.5 Å². The van der Waals surface area contributed by atoms with Gasteiger partial charge in [-0.05, 0) is 29.0 Å². The lowest BCUT2D eigenvalue weighted by Gasteiger charge is -2.16. The van der Waals surface area contributed by atoms with Crippen molar-refractivity contribution in [3.05, 3.63) is 20.3 Å². The number of H-pyrrole nitrogens is 1. The standard InChI is InChI=1S/C8H10IN3O2/c9-6-7(10-4-11-8(6)14)12-2-1-5(13)3-12/h4-5,13H,1-3H2,(H,10,11,14). The van der Waals surface area contributed by atoms with Crippen molar-refractivity contribution in [2.75, 3.05) is 18.0 Å². The maximum absolute atomic E-state index is 11.3. The number of rotatable bonds is 1. The van der Waals surface area contributed by atoms with Gasteiger partial charge in [0, 0.05) is 13.1 Å². The molecule has 2 N–H and O–H groups in total. The summed E-state index contributed by atoms with van der Waals surface area (Å²) < 4.78 is 0.583. The molecule has 1 aromatic rings. The van der Waals surface area contributed by atoms with Crippen LogP contribution in [0.2, 0.25) is 0 Å². The third-order valence-corrected chi connectivity index (χ3v) is 3.21. The number of aromatic nitrogens is 2. The molecule has 6 heteroatoms. The van der Waals surface area contributed by atoms with Crippen LogP contribution in [0.5, 0.6) is 0 Å². The Hall–Kier alpha value is -0.630. The fourth-order valence-electron chi connectivity index (χ4n) is 1.53. The van der Waals surface area contributed by atoms with E-state index in [-0.39, 0.29) is 11.7 Å². The van der Waals surface area contributed by atoms with Crippen LogP contribution in [-0.2, 0) is 0 Å². The zero-order chi connectivity index (χ0) is 10.1. The quantitative estimate of drug-likeness (QED) is 0.714. The molecular weight excluding hydrogens is 297 g/mol. The van der Waals surface area contributed by atoms with Gasteiger partial charge in [-0.25, -0.2) is 4.98 Å². The smallest absolute Gasteiger partial charge is 0.266 e. The molecule has 1 aliphatic heterocycles. The van der Waals surface area contributed by atoms with Crippen molar-refractivity contribution in [1.29, 1.82) is 0 Å². The maximum Gasteiger partial charge on any atom is 0.266 e. The van der Waals surface area contributed by atoms with Crippen molar-refractivity contribution >= 4 is 28.4 Å². The third-order valence-electron chi connectivity index (χ3n) is 2.24. The van der Waals surface area contributed by atoms with Gasteiger partial charge in [-0.2, -0.15) is 0 Å². The SMILES string of the molecule is O=c1[nH]cnc(N2CCC(O)C2)c1I. The van der Waals surface area contributed by atoms with Crippen LogP contribution in [-0.4, -0.2) is 34.3 Å². The summed E-state index contributed by atoms with van der Waals surface area (Å²) in [7, 11) is 0. The van der Waals surface area contributed by atoms with E-state index < -0.39 is 0 Å². The van der Waals surface area contributed by atoms with E-state index in [0.717, 1.165) is 13.0 Å². The molecule has 1 saturated heterocycles. The molecule has 0 aromatic carbocycles. The number of aliphatic hydroxyl groups excluding tert-OH is 1. The normalized spacial score (nSPS) is 21.6. The van der Waals surface area contributed by atoms with Crippen molar-refractivity contribution in [2.45, 2.75) is 12.5 Å². The number of β-amino-alcohol motifs (C(OH)–C–C–N with tert-alkyl or cyclic N) is 1. The van der Waals surface area contributed by atoms with Gasteiger partial charge >= 0.3 is 0 Å². The molecule has 1 fully saturated rings. The lowest BCUT2D eigenvalue weighted by molar-refractivity contribution is 0.198. The topological polar surface area (TPSA) is 69.2 Å². The first kappa shape index (κ1) is 9.91. The zero-order valence-corrected chi connectivity index (χ0v) is 9.56. The number of hydrogen-bond donors (Lipinski definition) is 2. The molecule has 1 unspecified atom stereocenters. The van der Waals surface area contributed by atoms with E-state index in [4.69, 9.17) is 0 Å². The van der Waals surface area contributed by atoms with Crippen molar-refractivity contribution in [2.24, 2.45) is 0 Å². The van der Waals surface area contributed by atoms with Gasteiger partial charge in [0.15, 0.2) is 0 Å². The highest BCUT2D eigenvalue weighted by molar-refractivity contribution is 14.1. The second-order valence-electron chi connectivity index (χ2n) is 3.26. The lowest BCUT2D eigenvalue weighted by Crippen LogP contribution is -2.26. The summed E-state index contributed by atoms with van der Waals surface area (Å²) in [4.78, 5) is 19.8. The molecule has 1 aliphatic rings. The summed E-state index contributed by atoms with van der Waals surface area (Å²) in [5.74, 6) is 0.672. The first-order valence-electron chi connectivity index (χ1n) is 4.34. The molecule has 0 amide bonds. The molecule has 5 nitrogen and oxygen atoms in total. The molecule has 0 radical (unpaired) electrons. The monoisotopic (exact) mass is 307 g/mol. The van der Waals surface area contributed by atoms with Crippen molar-refractivity contribution in [3.63, 3.8) is 0 Å². The first-order chi connectivity index (χ1) is 6.68. The Labute approximate surface area is 94.3 Å². The van der Waals surface area contributed by atoms with Gasteiger partial charge in [-0.1, -0.05) is 0 Å². The maximum atomic E-state index is 11.3. The largest absolute Gasteiger partial charge is 0.391 e. The second kappa shape index (κ2) is 3.85. The Morgan fingerprint density at radius 2 is 2.50 bits per heavy atom. The van der Waals surface area contributed by atoms with Crippen molar-refractivity contribution in [1.82, 2.24) is 9.97 Å². The van der Waals surface area contributed by atoms with Gasteiger partial charge in [-0.3, -0.25) is 4.79 Å². The average Bonchev–Trinajstić information content (AvgIpc) is 2.57. The molecule has 14 heavy (non-hydrogen) atoms. The van der Waals surface area contributed by atoms with Crippen LogP contribution in [0.25, 0.3) is 0 Å². The predicted molar refractivity (Wildman–Crippen MR) is 60.4 cm³/mol.